The Morgan fingerprint density at radius 1 is 1.20 bits per heavy atom. The van der Waals surface area contributed by atoms with Gasteiger partial charge in [-0.1, -0.05) is 19.1 Å². The Balaban J connectivity index is 1.43. The van der Waals surface area contributed by atoms with Crippen molar-refractivity contribution in [1.29, 1.82) is 0 Å². The lowest BCUT2D eigenvalue weighted by Gasteiger charge is -2.09. The van der Waals surface area contributed by atoms with Gasteiger partial charge in [0.25, 0.3) is 5.91 Å². The maximum Gasteiger partial charge on any atom is 0.336 e. The maximum absolute atomic E-state index is 12.3. The number of thiazole rings is 1. The van der Waals surface area contributed by atoms with Crippen LogP contribution in [0.2, 0.25) is 0 Å². The summed E-state index contributed by atoms with van der Waals surface area (Å²) in [5.74, 6) is 0.172. The van der Waals surface area contributed by atoms with Crippen LogP contribution in [-0.4, -0.2) is 17.5 Å². The lowest BCUT2D eigenvalue weighted by molar-refractivity contribution is -0.118. The second-order valence-corrected chi connectivity index (χ2v) is 7.83. The predicted octanol–water partition coefficient (Wildman–Crippen LogP) is 4.80. The van der Waals surface area contributed by atoms with Gasteiger partial charge in [-0.05, 0) is 43.2 Å². The number of aryl methyl sites for hydroxylation is 2. The van der Waals surface area contributed by atoms with Crippen LogP contribution in [0.5, 0.6) is 5.75 Å². The van der Waals surface area contributed by atoms with Gasteiger partial charge in [-0.15, -0.1) is 11.3 Å². The van der Waals surface area contributed by atoms with Crippen LogP contribution in [-0.2, 0) is 11.2 Å². The van der Waals surface area contributed by atoms with Crippen LogP contribution < -0.4 is 15.7 Å². The molecule has 0 aliphatic carbocycles. The fourth-order valence-corrected chi connectivity index (χ4v) is 3.81. The number of carbonyl (C=O) groups excluding carboxylic acids is 1. The summed E-state index contributed by atoms with van der Waals surface area (Å²) in [4.78, 5) is 28.5. The largest absolute Gasteiger partial charge is 0.484 e. The molecule has 0 aliphatic heterocycles. The highest BCUT2D eigenvalue weighted by molar-refractivity contribution is 7.09. The van der Waals surface area contributed by atoms with Crippen molar-refractivity contribution >= 4 is 33.9 Å². The highest BCUT2D eigenvalue weighted by atomic mass is 32.1. The van der Waals surface area contributed by atoms with Gasteiger partial charge in [0.05, 0.1) is 10.7 Å². The molecule has 2 heterocycles. The lowest BCUT2D eigenvalue weighted by Crippen LogP contribution is -2.20. The summed E-state index contributed by atoms with van der Waals surface area (Å²) in [7, 11) is 0. The molecule has 1 N–H and O–H groups in total. The minimum absolute atomic E-state index is 0.163. The fourth-order valence-electron chi connectivity index (χ4n) is 3.19. The van der Waals surface area contributed by atoms with Gasteiger partial charge in [-0.3, -0.25) is 4.79 Å². The first-order valence-electron chi connectivity index (χ1n) is 9.54. The number of aromatic nitrogens is 1. The Labute approximate surface area is 177 Å². The average molecular weight is 420 g/mol. The Bertz CT molecular complexity index is 1280. The predicted molar refractivity (Wildman–Crippen MR) is 118 cm³/mol. The van der Waals surface area contributed by atoms with E-state index in [-0.39, 0.29) is 12.5 Å². The molecule has 7 heteroatoms. The van der Waals surface area contributed by atoms with E-state index in [1.54, 1.807) is 23.5 Å². The molecule has 0 saturated heterocycles. The molecular weight excluding hydrogens is 400 g/mol. The first kappa shape index (κ1) is 19.8. The summed E-state index contributed by atoms with van der Waals surface area (Å²) in [6.07, 6.45) is 0.726. The number of nitrogens with zero attached hydrogens (tertiary/aromatic N) is 1. The minimum Gasteiger partial charge on any atom is -0.484 e. The van der Waals surface area contributed by atoms with E-state index in [4.69, 9.17) is 9.15 Å². The standard InChI is InChI=1S/C23H20N2O4S/c1-3-15-10-23(27)29-21-11-18(7-8-19(15)21)28-12-22(26)25-17-6-4-5-16(9-17)20-13-30-14(2)24-20/h4-11,13H,3,12H2,1-2H3,(H,25,26). The summed E-state index contributed by atoms with van der Waals surface area (Å²) in [5, 5.41) is 6.67. The van der Waals surface area contributed by atoms with Gasteiger partial charge in [0.1, 0.15) is 11.3 Å². The molecule has 1 amide bonds. The van der Waals surface area contributed by atoms with Crippen molar-refractivity contribution in [1.82, 2.24) is 4.98 Å². The number of benzene rings is 2. The van der Waals surface area contributed by atoms with Crippen molar-refractivity contribution in [2.24, 2.45) is 0 Å². The molecule has 30 heavy (non-hydrogen) atoms. The molecular formula is C23H20N2O4S. The molecule has 4 rings (SSSR count). The van der Waals surface area contributed by atoms with Crippen LogP contribution >= 0.6 is 11.3 Å². The monoisotopic (exact) mass is 420 g/mol. The minimum atomic E-state index is -0.399. The van der Waals surface area contributed by atoms with Crippen LogP contribution in [0.15, 0.2) is 63.1 Å². The summed E-state index contributed by atoms with van der Waals surface area (Å²) in [5.41, 5.74) is 3.46. The highest BCUT2D eigenvalue weighted by Crippen LogP contribution is 2.25. The molecule has 2 aromatic heterocycles. The Kier molecular flexibility index (Phi) is 5.63. The third-order valence-electron chi connectivity index (χ3n) is 4.61. The quantitative estimate of drug-likeness (QED) is 0.453. The number of hydrogen-bond donors (Lipinski definition) is 1. The smallest absolute Gasteiger partial charge is 0.336 e. The van der Waals surface area contributed by atoms with Gasteiger partial charge in [-0.25, -0.2) is 9.78 Å². The first-order valence-corrected chi connectivity index (χ1v) is 10.4. The lowest BCUT2D eigenvalue weighted by atomic mass is 10.1. The third kappa shape index (κ3) is 4.41. The second-order valence-electron chi connectivity index (χ2n) is 6.77. The molecule has 6 nitrogen and oxygen atoms in total. The summed E-state index contributed by atoms with van der Waals surface area (Å²) in [6, 6.07) is 14.3. The Morgan fingerprint density at radius 3 is 2.83 bits per heavy atom. The Hall–Kier alpha value is -3.45. The van der Waals surface area contributed by atoms with Gasteiger partial charge >= 0.3 is 5.63 Å². The number of anilines is 1. The van der Waals surface area contributed by atoms with E-state index in [1.165, 1.54) is 6.07 Å². The number of carbonyl (C=O) groups is 1. The van der Waals surface area contributed by atoms with E-state index in [0.29, 0.717) is 17.0 Å². The van der Waals surface area contributed by atoms with Crippen molar-refractivity contribution in [3.05, 3.63) is 74.9 Å². The molecule has 0 atom stereocenters. The zero-order valence-corrected chi connectivity index (χ0v) is 17.4. The number of amides is 1. The van der Waals surface area contributed by atoms with Gasteiger partial charge in [0, 0.05) is 34.1 Å². The maximum atomic E-state index is 12.3. The highest BCUT2D eigenvalue weighted by Gasteiger charge is 2.09. The number of hydrogen-bond acceptors (Lipinski definition) is 6. The molecule has 0 spiro atoms. The summed E-state index contributed by atoms with van der Waals surface area (Å²) < 4.78 is 10.9. The number of rotatable bonds is 6. The van der Waals surface area contributed by atoms with E-state index >= 15 is 0 Å². The molecule has 0 radical (unpaired) electrons. The van der Waals surface area contributed by atoms with Crippen molar-refractivity contribution in [2.45, 2.75) is 20.3 Å². The van der Waals surface area contributed by atoms with Crippen LogP contribution in [0.4, 0.5) is 5.69 Å². The SMILES string of the molecule is CCc1cc(=O)oc2cc(OCC(=O)Nc3cccc(-c4csc(C)n4)c3)ccc12. The Morgan fingerprint density at radius 2 is 2.07 bits per heavy atom. The van der Waals surface area contributed by atoms with Crippen LogP contribution in [0.3, 0.4) is 0 Å². The van der Waals surface area contributed by atoms with Crippen molar-refractivity contribution in [3.8, 4) is 17.0 Å². The van der Waals surface area contributed by atoms with Gasteiger partial charge in [-0.2, -0.15) is 0 Å². The summed E-state index contributed by atoms with van der Waals surface area (Å²) >= 11 is 1.58. The van der Waals surface area contributed by atoms with Crippen molar-refractivity contribution < 1.29 is 13.9 Å². The van der Waals surface area contributed by atoms with E-state index in [2.05, 4.69) is 10.3 Å². The molecule has 2 aromatic carbocycles. The van der Waals surface area contributed by atoms with Gasteiger partial charge in [0.2, 0.25) is 0 Å². The second kappa shape index (κ2) is 8.51. The zero-order valence-electron chi connectivity index (χ0n) is 16.6. The van der Waals surface area contributed by atoms with Gasteiger partial charge in [0.15, 0.2) is 6.61 Å². The number of nitrogens with one attached hydrogen (secondary N) is 1. The molecule has 0 bridgehead atoms. The third-order valence-corrected chi connectivity index (χ3v) is 5.39. The normalized spacial score (nSPS) is 10.9. The summed E-state index contributed by atoms with van der Waals surface area (Å²) in [6.45, 7) is 3.77. The first-order chi connectivity index (χ1) is 14.5. The topological polar surface area (TPSA) is 81.4 Å². The fraction of sp³-hybridized carbons (Fsp3) is 0.174. The van der Waals surface area contributed by atoms with E-state index in [0.717, 1.165) is 33.6 Å². The van der Waals surface area contributed by atoms with E-state index < -0.39 is 5.63 Å². The van der Waals surface area contributed by atoms with E-state index in [9.17, 15) is 9.59 Å². The average Bonchev–Trinajstić information content (AvgIpc) is 3.18. The number of ether oxygens (including phenoxy) is 1. The molecule has 0 unspecified atom stereocenters. The zero-order chi connectivity index (χ0) is 21.1. The van der Waals surface area contributed by atoms with Crippen molar-refractivity contribution in [2.75, 3.05) is 11.9 Å². The number of fused-ring (bicyclic) bond motifs is 1. The van der Waals surface area contributed by atoms with Crippen LogP contribution in [0, 0.1) is 6.92 Å². The van der Waals surface area contributed by atoms with Gasteiger partial charge < -0.3 is 14.5 Å². The molecule has 152 valence electrons. The molecule has 0 saturated carbocycles. The molecule has 0 fully saturated rings. The van der Waals surface area contributed by atoms with E-state index in [1.807, 2.05) is 49.6 Å². The molecule has 4 aromatic rings. The van der Waals surface area contributed by atoms with Crippen LogP contribution in [0.1, 0.15) is 17.5 Å². The molecule has 0 aliphatic rings. The van der Waals surface area contributed by atoms with Crippen molar-refractivity contribution in [3.63, 3.8) is 0 Å². The van der Waals surface area contributed by atoms with Crippen LogP contribution in [0.25, 0.3) is 22.2 Å².